The molecule has 0 fully saturated rings. The number of carbonyl (C=O) groups excluding carboxylic acids is 1. The van der Waals surface area contributed by atoms with Gasteiger partial charge in [0.2, 0.25) is 0 Å². The highest BCUT2D eigenvalue weighted by Gasteiger charge is 2.25. The first-order chi connectivity index (χ1) is 13.2. The molecule has 0 unspecified atom stereocenters. The fourth-order valence-corrected chi connectivity index (χ4v) is 3.92. The van der Waals surface area contributed by atoms with Crippen molar-refractivity contribution in [2.45, 2.75) is 25.5 Å². The predicted octanol–water partition coefficient (Wildman–Crippen LogP) is 5.37. The SMILES string of the molecule is CCCCOc1ccc(C(=O)N2CCN=C2SCc2ccc(Br)cc2)cc1. The van der Waals surface area contributed by atoms with Crippen LogP contribution in [0.25, 0.3) is 0 Å². The van der Waals surface area contributed by atoms with Gasteiger partial charge < -0.3 is 4.74 Å². The van der Waals surface area contributed by atoms with Crippen molar-refractivity contribution in [2.75, 3.05) is 19.7 Å². The molecule has 142 valence electrons. The lowest BCUT2D eigenvalue weighted by molar-refractivity contribution is 0.0860. The fourth-order valence-electron chi connectivity index (χ4n) is 2.65. The highest BCUT2D eigenvalue weighted by atomic mass is 79.9. The lowest BCUT2D eigenvalue weighted by Gasteiger charge is -2.18. The molecule has 1 aliphatic heterocycles. The zero-order chi connectivity index (χ0) is 19.1. The van der Waals surface area contributed by atoms with Gasteiger partial charge in [-0.05, 0) is 48.4 Å². The number of rotatable bonds is 7. The van der Waals surface area contributed by atoms with E-state index >= 15 is 0 Å². The molecule has 0 aliphatic carbocycles. The third-order valence-electron chi connectivity index (χ3n) is 4.20. The molecular weight excluding hydrogens is 424 g/mol. The molecule has 0 bridgehead atoms. The highest BCUT2D eigenvalue weighted by Crippen LogP contribution is 2.23. The summed E-state index contributed by atoms with van der Waals surface area (Å²) in [6.45, 7) is 4.14. The Hall–Kier alpha value is -1.79. The molecule has 1 amide bonds. The molecule has 2 aromatic carbocycles. The number of unbranched alkanes of at least 4 members (excludes halogenated alkanes) is 1. The summed E-state index contributed by atoms with van der Waals surface area (Å²) in [4.78, 5) is 19.2. The number of hydrogen-bond acceptors (Lipinski definition) is 4. The summed E-state index contributed by atoms with van der Waals surface area (Å²) in [6, 6.07) is 15.6. The monoisotopic (exact) mass is 446 g/mol. The summed E-state index contributed by atoms with van der Waals surface area (Å²) in [5, 5.41) is 0.797. The van der Waals surface area contributed by atoms with Gasteiger partial charge in [0.25, 0.3) is 5.91 Å². The van der Waals surface area contributed by atoms with Crippen LogP contribution in [-0.4, -0.2) is 35.7 Å². The lowest BCUT2D eigenvalue weighted by atomic mass is 10.2. The Labute approximate surface area is 173 Å². The standard InChI is InChI=1S/C21H23BrN2O2S/c1-2-3-14-26-19-10-6-17(7-11-19)20(25)24-13-12-23-21(24)27-15-16-4-8-18(22)9-5-16/h4-11H,2-3,12-15H2,1H3. The molecule has 0 atom stereocenters. The zero-order valence-electron chi connectivity index (χ0n) is 15.4. The molecule has 0 saturated carbocycles. The molecule has 4 nitrogen and oxygen atoms in total. The maximum Gasteiger partial charge on any atom is 0.259 e. The van der Waals surface area contributed by atoms with E-state index in [0.29, 0.717) is 25.3 Å². The van der Waals surface area contributed by atoms with E-state index in [9.17, 15) is 4.79 Å². The normalized spacial score (nSPS) is 13.6. The first kappa shape index (κ1) is 20.0. The second-order valence-electron chi connectivity index (χ2n) is 6.26. The maximum atomic E-state index is 12.9. The van der Waals surface area contributed by atoms with Crippen molar-refractivity contribution >= 4 is 38.8 Å². The van der Waals surface area contributed by atoms with Crippen LogP contribution in [0.5, 0.6) is 5.75 Å². The number of halogens is 1. The first-order valence-electron chi connectivity index (χ1n) is 9.14. The number of thioether (sulfide) groups is 1. The van der Waals surface area contributed by atoms with Crippen molar-refractivity contribution < 1.29 is 9.53 Å². The van der Waals surface area contributed by atoms with Crippen molar-refractivity contribution in [1.82, 2.24) is 4.90 Å². The molecule has 0 spiro atoms. The Kier molecular flexibility index (Phi) is 7.35. The zero-order valence-corrected chi connectivity index (χ0v) is 17.8. The summed E-state index contributed by atoms with van der Waals surface area (Å²) >= 11 is 5.05. The molecule has 3 rings (SSSR count). The van der Waals surface area contributed by atoms with E-state index in [2.05, 4.69) is 40.0 Å². The van der Waals surface area contributed by atoms with Gasteiger partial charge in [-0.3, -0.25) is 14.7 Å². The van der Waals surface area contributed by atoms with Crippen LogP contribution in [-0.2, 0) is 5.75 Å². The summed E-state index contributed by atoms with van der Waals surface area (Å²) in [5.74, 6) is 1.59. The van der Waals surface area contributed by atoms with Crippen LogP contribution in [0.3, 0.4) is 0 Å². The Morgan fingerprint density at radius 3 is 2.63 bits per heavy atom. The van der Waals surface area contributed by atoms with E-state index < -0.39 is 0 Å². The van der Waals surface area contributed by atoms with Gasteiger partial charge >= 0.3 is 0 Å². The number of carbonyl (C=O) groups is 1. The molecule has 1 aliphatic rings. The molecule has 0 radical (unpaired) electrons. The third kappa shape index (κ3) is 5.59. The minimum Gasteiger partial charge on any atom is -0.494 e. The van der Waals surface area contributed by atoms with E-state index in [1.54, 1.807) is 16.7 Å². The average Bonchev–Trinajstić information content (AvgIpc) is 3.16. The molecule has 0 N–H and O–H groups in total. The molecule has 0 saturated heterocycles. The van der Waals surface area contributed by atoms with Crippen molar-refractivity contribution in [3.63, 3.8) is 0 Å². The molecule has 1 heterocycles. The highest BCUT2D eigenvalue weighted by molar-refractivity contribution is 9.10. The van der Waals surface area contributed by atoms with E-state index in [4.69, 9.17) is 4.74 Å². The summed E-state index contributed by atoms with van der Waals surface area (Å²) in [7, 11) is 0. The second-order valence-corrected chi connectivity index (χ2v) is 8.12. The van der Waals surface area contributed by atoms with Crippen LogP contribution in [0.15, 0.2) is 58.0 Å². The number of hydrogen-bond donors (Lipinski definition) is 0. The maximum absolute atomic E-state index is 12.9. The van der Waals surface area contributed by atoms with Gasteiger partial charge in [-0.25, -0.2) is 0 Å². The summed E-state index contributed by atoms with van der Waals surface area (Å²) < 4.78 is 6.73. The number of amidine groups is 1. The van der Waals surface area contributed by atoms with Crippen LogP contribution in [0.1, 0.15) is 35.7 Å². The predicted molar refractivity (Wildman–Crippen MR) is 116 cm³/mol. The van der Waals surface area contributed by atoms with Gasteiger partial charge in [0.05, 0.1) is 13.2 Å². The molecule has 6 heteroatoms. The molecule has 2 aromatic rings. The Morgan fingerprint density at radius 1 is 1.19 bits per heavy atom. The van der Waals surface area contributed by atoms with E-state index in [0.717, 1.165) is 34.0 Å². The summed E-state index contributed by atoms with van der Waals surface area (Å²) in [6.07, 6.45) is 2.13. The van der Waals surface area contributed by atoms with Gasteiger partial charge in [0.1, 0.15) is 5.75 Å². The minimum atomic E-state index is -0.00494. The van der Waals surface area contributed by atoms with E-state index in [1.807, 2.05) is 36.4 Å². The third-order valence-corrected chi connectivity index (χ3v) is 5.81. The second kappa shape index (κ2) is 9.95. The largest absolute Gasteiger partial charge is 0.494 e. The van der Waals surface area contributed by atoms with Crippen LogP contribution in [0.2, 0.25) is 0 Å². The Bertz CT molecular complexity index is 791. The number of nitrogens with zero attached hydrogens (tertiary/aromatic N) is 2. The smallest absolute Gasteiger partial charge is 0.259 e. The summed E-state index contributed by atoms with van der Waals surface area (Å²) in [5.41, 5.74) is 1.87. The van der Waals surface area contributed by atoms with Crippen molar-refractivity contribution in [1.29, 1.82) is 0 Å². The van der Waals surface area contributed by atoms with E-state index in [-0.39, 0.29) is 5.91 Å². The van der Waals surface area contributed by atoms with Crippen molar-refractivity contribution in [2.24, 2.45) is 4.99 Å². The molecule has 0 aromatic heterocycles. The number of benzene rings is 2. The van der Waals surface area contributed by atoms with Crippen molar-refractivity contribution in [3.8, 4) is 5.75 Å². The van der Waals surface area contributed by atoms with Gasteiger partial charge in [0, 0.05) is 22.3 Å². The van der Waals surface area contributed by atoms with Crippen LogP contribution in [0, 0.1) is 0 Å². The van der Waals surface area contributed by atoms with Gasteiger partial charge in [-0.15, -0.1) is 0 Å². The lowest BCUT2D eigenvalue weighted by Crippen LogP contribution is -2.32. The van der Waals surface area contributed by atoms with Crippen LogP contribution >= 0.6 is 27.7 Å². The number of aliphatic imine (C=N–C) groups is 1. The molecule has 27 heavy (non-hydrogen) atoms. The van der Waals surface area contributed by atoms with Crippen LogP contribution < -0.4 is 4.74 Å². The van der Waals surface area contributed by atoms with Crippen molar-refractivity contribution in [3.05, 3.63) is 64.1 Å². The van der Waals surface area contributed by atoms with E-state index in [1.165, 1.54) is 5.56 Å². The number of ether oxygens (including phenoxy) is 1. The first-order valence-corrected chi connectivity index (χ1v) is 10.9. The minimum absolute atomic E-state index is 0.00494. The number of amides is 1. The Morgan fingerprint density at radius 2 is 1.93 bits per heavy atom. The van der Waals surface area contributed by atoms with Gasteiger partial charge in [-0.2, -0.15) is 0 Å². The Balaban J connectivity index is 1.58. The quantitative estimate of drug-likeness (QED) is 0.536. The van der Waals surface area contributed by atoms with Gasteiger partial charge in [-0.1, -0.05) is 53.2 Å². The topological polar surface area (TPSA) is 41.9 Å². The average molecular weight is 447 g/mol. The van der Waals surface area contributed by atoms with Crippen LogP contribution in [0.4, 0.5) is 0 Å². The molecular formula is C21H23BrN2O2S. The fraction of sp³-hybridized carbons (Fsp3) is 0.333. The van der Waals surface area contributed by atoms with Gasteiger partial charge in [0.15, 0.2) is 5.17 Å².